The predicted molar refractivity (Wildman–Crippen MR) is 115 cm³/mol. The fourth-order valence-electron chi connectivity index (χ4n) is 5.12. The Morgan fingerprint density at radius 2 is 2.06 bits per heavy atom. The second-order valence-corrected chi connectivity index (χ2v) is 9.46. The van der Waals surface area contributed by atoms with E-state index in [0.29, 0.717) is 35.2 Å². The van der Waals surface area contributed by atoms with Crippen LogP contribution in [-0.2, 0) is 16.6 Å². The highest BCUT2D eigenvalue weighted by Gasteiger charge is 2.61. The minimum atomic E-state index is -0.0960. The van der Waals surface area contributed by atoms with E-state index in [9.17, 15) is 4.79 Å². The topological polar surface area (TPSA) is 95.9 Å². The maximum atomic E-state index is 13.1. The molecule has 1 saturated carbocycles. The van der Waals surface area contributed by atoms with Crippen LogP contribution in [0.3, 0.4) is 0 Å². The van der Waals surface area contributed by atoms with Crippen molar-refractivity contribution in [3.05, 3.63) is 54.0 Å². The Balaban J connectivity index is 1.38. The normalized spacial score (nSPS) is 24.4. The smallest absolute Gasteiger partial charge is 0.258 e. The lowest BCUT2D eigenvalue weighted by Crippen LogP contribution is -2.45. The monoisotopic (exact) mass is 432 g/mol. The first-order valence-corrected chi connectivity index (χ1v) is 10.9. The highest BCUT2D eigenvalue weighted by atomic mass is 16.5. The Morgan fingerprint density at radius 3 is 2.81 bits per heavy atom. The zero-order valence-corrected chi connectivity index (χ0v) is 18.3. The first-order chi connectivity index (χ1) is 15.3. The van der Waals surface area contributed by atoms with Gasteiger partial charge in [-0.25, -0.2) is 19.5 Å². The fourth-order valence-corrected chi connectivity index (χ4v) is 5.12. The van der Waals surface area contributed by atoms with Crippen LogP contribution in [0.2, 0.25) is 0 Å². The molecule has 2 bridgehead atoms. The van der Waals surface area contributed by atoms with Crippen LogP contribution in [0.25, 0.3) is 11.3 Å². The first kappa shape index (κ1) is 19.4. The Morgan fingerprint density at radius 1 is 1.22 bits per heavy atom. The molecule has 4 aromatic heterocycles. The number of ketones is 1. The number of Topliss-reactive ketones (excluding diaryl/α,β-unsaturated/α-hetero) is 1. The molecule has 32 heavy (non-hydrogen) atoms. The number of hydrogen-bond acceptors (Lipinski definition) is 7. The van der Waals surface area contributed by atoms with Gasteiger partial charge in [-0.2, -0.15) is 5.10 Å². The van der Waals surface area contributed by atoms with Gasteiger partial charge in [0.15, 0.2) is 11.4 Å². The predicted octanol–water partition coefficient (Wildman–Crippen LogP) is 2.81. The molecule has 0 unspecified atom stereocenters. The number of ether oxygens (including phenoxy) is 2. The molecule has 0 N–H and O–H groups in total. The number of carbonyl (C=O) groups is 1. The molecule has 3 aliphatic rings. The average Bonchev–Trinajstić information content (AvgIpc) is 3.47. The van der Waals surface area contributed by atoms with E-state index in [2.05, 4.69) is 22.0 Å². The van der Waals surface area contributed by atoms with Crippen molar-refractivity contribution in [3.8, 4) is 5.88 Å². The summed E-state index contributed by atoms with van der Waals surface area (Å²) >= 11 is 0. The van der Waals surface area contributed by atoms with Crippen molar-refractivity contribution in [3.63, 3.8) is 0 Å². The van der Waals surface area contributed by atoms with E-state index in [0.717, 1.165) is 18.5 Å². The van der Waals surface area contributed by atoms with Gasteiger partial charge in [0, 0.05) is 30.1 Å². The molecule has 0 atom stereocenters. The summed E-state index contributed by atoms with van der Waals surface area (Å²) in [7, 11) is 0. The zero-order chi connectivity index (χ0) is 22.1. The highest BCUT2D eigenvalue weighted by Crippen LogP contribution is 2.58. The summed E-state index contributed by atoms with van der Waals surface area (Å²) in [4.78, 5) is 26.9. The van der Waals surface area contributed by atoms with Crippen molar-refractivity contribution in [2.75, 3.05) is 6.61 Å². The van der Waals surface area contributed by atoms with Crippen molar-refractivity contribution >= 4 is 17.1 Å². The second kappa shape index (κ2) is 6.59. The maximum absolute atomic E-state index is 13.1. The number of hydrogen-bond donors (Lipinski definition) is 0. The number of nitrogens with zero attached hydrogens (tertiary/aromatic N) is 6. The summed E-state index contributed by atoms with van der Waals surface area (Å²) in [6.07, 6.45) is 9.14. The number of aromatic nitrogens is 6. The molecule has 2 aliphatic heterocycles. The third-order valence-electron chi connectivity index (χ3n) is 6.39. The Hall–Kier alpha value is -3.33. The molecule has 3 fully saturated rings. The molecule has 0 amide bonds. The Kier molecular flexibility index (Phi) is 3.98. The molecular weight excluding hydrogens is 408 g/mol. The maximum Gasteiger partial charge on any atom is 0.258 e. The molecule has 9 nitrogen and oxygen atoms in total. The van der Waals surface area contributed by atoms with Gasteiger partial charge in [0.2, 0.25) is 5.65 Å². The van der Waals surface area contributed by atoms with Gasteiger partial charge in [0.1, 0.15) is 5.69 Å². The average molecular weight is 432 g/mol. The quantitative estimate of drug-likeness (QED) is 0.432. The highest BCUT2D eigenvalue weighted by molar-refractivity contribution is 5.96. The standard InChI is InChI=1S/C23H24N6O3/c1-14(2)32-21-20-27-18(23-11-22(3,12-23)31-13-23)10-28(20)9-15(26-21)8-17(30)16-4-6-24-19-5-7-25-29(16)19/h4-7,9-10,14H,8,11-13H2,1-3H3. The molecule has 4 aromatic rings. The molecule has 1 aliphatic carbocycles. The van der Waals surface area contributed by atoms with E-state index in [4.69, 9.17) is 14.5 Å². The van der Waals surface area contributed by atoms with E-state index < -0.39 is 0 Å². The van der Waals surface area contributed by atoms with Gasteiger partial charge in [-0.3, -0.25) is 4.79 Å². The van der Waals surface area contributed by atoms with Gasteiger partial charge in [-0.05, 0) is 39.7 Å². The summed E-state index contributed by atoms with van der Waals surface area (Å²) in [5.41, 5.74) is 3.32. The van der Waals surface area contributed by atoms with Gasteiger partial charge in [-0.15, -0.1) is 0 Å². The van der Waals surface area contributed by atoms with Crippen LogP contribution in [0.15, 0.2) is 36.9 Å². The van der Waals surface area contributed by atoms with Gasteiger partial charge >= 0.3 is 0 Å². The van der Waals surface area contributed by atoms with Crippen molar-refractivity contribution in [1.29, 1.82) is 0 Å². The van der Waals surface area contributed by atoms with Gasteiger partial charge < -0.3 is 13.9 Å². The second-order valence-electron chi connectivity index (χ2n) is 9.46. The van der Waals surface area contributed by atoms with Crippen LogP contribution in [-0.4, -0.2) is 53.1 Å². The fraction of sp³-hybridized carbons (Fsp3) is 0.435. The van der Waals surface area contributed by atoms with Crippen LogP contribution >= 0.6 is 0 Å². The van der Waals surface area contributed by atoms with Crippen LogP contribution in [0, 0.1) is 0 Å². The summed E-state index contributed by atoms with van der Waals surface area (Å²) < 4.78 is 15.4. The summed E-state index contributed by atoms with van der Waals surface area (Å²) in [6, 6.07) is 3.44. The summed E-state index contributed by atoms with van der Waals surface area (Å²) in [5, 5.41) is 4.21. The number of rotatable bonds is 6. The Labute approximate surface area is 184 Å². The van der Waals surface area contributed by atoms with Crippen LogP contribution in [0.1, 0.15) is 55.5 Å². The van der Waals surface area contributed by atoms with Gasteiger partial charge in [-0.1, -0.05) is 0 Å². The zero-order valence-electron chi connectivity index (χ0n) is 18.3. The molecule has 9 heteroatoms. The van der Waals surface area contributed by atoms with Gasteiger partial charge in [0.05, 0.1) is 42.3 Å². The lowest BCUT2D eigenvalue weighted by atomic mass is 9.62. The van der Waals surface area contributed by atoms with Crippen LogP contribution in [0.4, 0.5) is 0 Å². The van der Waals surface area contributed by atoms with E-state index >= 15 is 0 Å². The van der Waals surface area contributed by atoms with E-state index in [-0.39, 0.29) is 29.3 Å². The van der Waals surface area contributed by atoms with E-state index in [1.807, 2.05) is 30.6 Å². The SMILES string of the molecule is CC(C)Oc1nc(CC(=O)c2ccnc3ccnn23)cn2cc(C34COC(C)(C3)C4)nc12. The molecule has 0 aromatic carbocycles. The van der Waals surface area contributed by atoms with Gasteiger partial charge in [0.25, 0.3) is 5.88 Å². The first-order valence-electron chi connectivity index (χ1n) is 10.9. The minimum absolute atomic E-state index is 0.0225. The van der Waals surface area contributed by atoms with Crippen LogP contribution < -0.4 is 4.74 Å². The lowest BCUT2D eigenvalue weighted by Gasteiger charge is -2.41. The third kappa shape index (κ3) is 2.91. The van der Waals surface area contributed by atoms with Crippen molar-refractivity contribution in [2.45, 2.75) is 57.2 Å². The third-order valence-corrected chi connectivity index (χ3v) is 6.39. The van der Waals surface area contributed by atoms with E-state index in [1.165, 1.54) is 0 Å². The Bertz CT molecular complexity index is 1360. The van der Waals surface area contributed by atoms with Crippen molar-refractivity contribution in [2.24, 2.45) is 0 Å². The van der Waals surface area contributed by atoms with Crippen LogP contribution in [0.5, 0.6) is 5.88 Å². The molecule has 7 rings (SSSR count). The summed E-state index contributed by atoms with van der Waals surface area (Å²) in [6.45, 7) is 6.75. The molecule has 0 spiro atoms. The number of carbonyl (C=O) groups excluding carboxylic acids is 1. The van der Waals surface area contributed by atoms with Crippen molar-refractivity contribution < 1.29 is 14.3 Å². The summed E-state index contributed by atoms with van der Waals surface area (Å²) in [5.74, 6) is 0.342. The number of fused-ring (bicyclic) bond motifs is 3. The molecule has 6 heterocycles. The molecule has 0 radical (unpaired) electrons. The van der Waals surface area contributed by atoms with E-state index in [1.54, 1.807) is 29.0 Å². The lowest BCUT2D eigenvalue weighted by molar-refractivity contribution is 0.0154. The molecule has 2 saturated heterocycles. The minimum Gasteiger partial charge on any atom is -0.472 e. The van der Waals surface area contributed by atoms with Crippen molar-refractivity contribution in [1.82, 2.24) is 29.0 Å². The molecule has 164 valence electrons. The number of imidazole rings is 1. The largest absolute Gasteiger partial charge is 0.472 e. The molecular formula is C23H24N6O3.